The molecule has 5 saturated heterocycles. The number of nitrogens with two attached hydrogens (primary N) is 4. The van der Waals surface area contributed by atoms with E-state index in [1.807, 2.05) is 0 Å². The Balaban J connectivity index is 0.823. The molecule has 19 atom stereocenters. The molecule has 5 aromatic heterocycles. The Labute approximate surface area is 525 Å². The zero-order valence-corrected chi connectivity index (χ0v) is 52.8. The van der Waals surface area contributed by atoms with Gasteiger partial charge in [-0.05, 0) is 13.8 Å². The van der Waals surface area contributed by atoms with Crippen molar-refractivity contribution < 1.29 is 122 Å². The number of aromatic amines is 4. The summed E-state index contributed by atoms with van der Waals surface area (Å²) in [5, 5.41) is 20.8. The lowest BCUT2D eigenvalue weighted by Crippen LogP contribution is -2.54. The lowest BCUT2D eigenvalue weighted by molar-refractivity contribution is -0.774. The second-order valence-electron chi connectivity index (χ2n) is 22.0. The SMILES string of the molecule is Cc1cn([C@H]2C[C@H](OP(=O)(O)OC[C@H]3O[C@@H]([n+]4ccc(N)[nH]c4=O)C[C@@H]3OP(=O)(O)OC[C@H]3O[C@@H](n4cc(C)c(=O)[nH]c4=O)C[C@@H]3OP(=O)(O)OC[C@H]3O[C@@H]([n+]4ccc(N)[nH]c4=O)C[C@@H]3OP(=O)(O)OC[C@H]3O[C@@H]([n+]4ccc(N)[nH]c4=O)C[C@@H]3O)[C@@H](CO)O2)c(=O)nc1N. The van der Waals surface area contributed by atoms with Crippen LogP contribution in [-0.4, -0.2) is 158 Å². The smallest absolute Gasteiger partial charge is 0.394 e. The van der Waals surface area contributed by atoms with Gasteiger partial charge in [-0.3, -0.25) is 55.1 Å². The van der Waals surface area contributed by atoms with Gasteiger partial charge in [-0.15, -0.1) is 0 Å². The predicted octanol–water partition coefficient (Wildman–Crippen LogP) is -4.43. The Morgan fingerprint density at radius 3 is 1.32 bits per heavy atom. The number of aliphatic hydroxyl groups is 2. The van der Waals surface area contributed by atoms with Crippen LogP contribution in [0.25, 0.3) is 0 Å². The van der Waals surface area contributed by atoms with E-state index in [0.717, 1.165) is 29.0 Å². The van der Waals surface area contributed by atoms with Crippen molar-refractivity contribution in [2.24, 2.45) is 0 Å². The molecule has 0 amide bonds. The predicted molar refractivity (Wildman–Crippen MR) is 307 cm³/mol. The summed E-state index contributed by atoms with van der Waals surface area (Å²) in [6.07, 6.45) is -17.6. The molecular formula is C47H67N14O29P4+3. The highest BCUT2D eigenvalue weighted by atomic mass is 31.2. The van der Waals surface area contributed by atoms with Crippen molar-refractivity contribution in [2.45, 2.75) is 138 Å². The number of H-pyrrole nitrogens is 4. The highest BCUT2D eigenvalue weighted by Crippen LogP contribution is 2.54. The van der Waals surface area contributed by atoms with E-state index in [1.165, 1.54) is 49.9 Å². The fourth-order valence-corrected chi connectivity index (χ4v) is 14.5. The summed E-state index contributed by atoms with van der Waals surface area (Å²) < 4.78 is 133. The van der Waals surface area contributed by atoms with Gasteiger partial charge in [-0.2, -0.15) is 48.0 Å². The molecule has 4 unspecified atom stereocenters. The molecule has 94 heavy (non-hydrogen) atoms. The van der Waals surface area contributed by atoms with Crippen molar-refractivity contribution in [3.63, 3.8) is 0 Å². The minimum Gasteiger partial charge on any atom is -0.394 e. The Bertz CT molecular complexity index is 4190. The molecule has 18 N–H and O–H groups in total. The van der Waals surface area contributed by atoms with Crippen LogP contribution in [0.2, 0.25) is 0 Å². The molecule has 10 rings (SSSR count). The van der Waals surface area contributed by atoms with Crippen LogP contribution in [0.5, 0.6) is 0 Å². The van der Waals surface area contributed by atoms with E-state index in [9.17, 15) is 76.8 Å². The second-order valence-corrected chi connectivity index (χ2v) is 27.6. The summed E-state index contributed by atoms with van der Waals surface area (Å²) in [5.41, 5.74) is 18.2. The summed E-state index contributed by atoms with van der Waals surface area (Å²) >= 11 is 0. The first-order valence-corrected chi connectivity index (χ1v) is 34.3. The van der Waals surface area contributed by atoms with E-state index in [-0.39, 0.29) is 41.7 Å². The number of aryl methyl sites for hydroxylation is 2. The van der Waals surface area contributed by atoms with E-state index in [2.05, 4.69) is 24.9 Å². The maximum Gasteiger partial charge on any atom is 0.499 e. The summed E-state index contributed by atoms with van der Waals surface area (Å²) in [5.74, 6) is -0.144. The number of rotatable bonds is 26. The summed E-state index contributed by atoms with van der Waals surface area (Å²) in [7, 11) is -21.5. The van der Waals surface area contributed by atoms with Gasteiger partial charge in [0.1, 0.15) is 91.8 Å². The molecule has 516 valence electrons. The molecular weight excluding hydrogens is 1350 g/mol. The number of phosphoric ester groups is 4. The number of nitrogen functional groups attached to an aromatic ring is 4. The summed E-state index contributed by atoms with van der Waals surface area (Å²) in [6, 6.07) is 3.90. The van der Waals surface area contributed by atoms with Crippen LogP contribution < -0.4 is 70.6 Å². The Kier molecular flexibility index (Phi) is 21.2. The minimum atomic E-state index is -5.51. The third kappa shape index (κ3) is 16.8. The zero-order valence-electron chi connectivity index (χ0n) is 49.2. The van der Waals surface area contributed by atoms with E-state index in [1.54, 1.807) is 6.92 Å². The van der Waals surface area contributed by atoms with Crippen molar-refractivity contribution >= 4 is 54.6 Å². The van der Waals surface area contributed by atoms with Crippen molar-refractivity contribution in [1.29, 1.82) is 0 Å². The Morgan fingerprint density at radius 2 is 0.883 bits per heavy atom. The van der Waals surface area contributed by atoms with Crippen LogP contribution >= 0.6 is 31.3 Å². The van der Waals surface area contributed by atoms with Gasteiger partial charge in [0.05, 0.1) is 39.1 Å². The molecule has 10 heterocycles. The second kappa shape index (κ2) is 28.3. The first-order valence-electron chi connectivity index (χ1n) is 28.3. The normalized spacial score (nSPS) is 30.4. The zero-order chi connectivity index (χ0) is 67.9. The van der Waals surface area contributed by atoms with Crippen molar-refractivity contribution in [3.05, 3.63) is 123 Å². The third-order valence-electron chi connectivity index (χ3n) is 15.4. The highest BCUT2D eigenvalue weighted by Gasteiger charge is 2.51. The van der Waals surface area contributed by atoms with Crippen molar-refractivity contribution in [1.82, 2.24) is 34.1 Å². The molecule has 5 aliphatic heterocycles. The molecule has 0 aliphatic carbocycles. The molecule has 5 fully saturated rings. The number of anilines is 4. The van der Waals surface area contributed by atoms with Gasteiger partial charge in [-0.1, -0.05) is 0 Å². The van der Waals surface area contributed by atoms with Crippen LogP contribution in [-0.2, 0) is 78.1 Å². The van der Waals surface area contributed by atoms with Gasteiger partial charge < -0.3 is 76.4 Å². The molecule has 0 radical (unpaired) electrons. The maximum absolute atomic E-state index is 14.0. The van der Waals surface area contributed by atoms with Crippen LogP contribution in [0.1, 0.15) is 74.4 Å². The van der Waals surface area contributed by atoms with Crippen molar-refractivity contribution in [2.75, 3.05) is 56.0 Å². The number of hydrogen-bond acceptors (Lipinski definition) is 30. The molecule has 0 spiro atoms. The number of aliphatic hydroxyl groups excluding tert-OH is 2. The summed E-state index contributed by atoms with van der Waals surface area (Å²) in [4.78, 5) is 134. The fraction of sp³-hybridized carbons (Fsp3) is 0.574. The highest BCUT2D eigenvalue weighted by molar-refractivity contribution is 7.48. The summed E-state index contributed by atoms with van der Waals surface area (Å²) in [6.45, 7) is -1.74. The van der Waals surface area contributed by atoms with Gasteiger partial charge in [0, 0.05) is 73.8 Å². The van der Waals surface area contributed by atoms with Gasteiger partial charge >= 0.3 is 59.7 Å². The topological polar surface area (TPSA) is 614 Å². The van der Waals surface area contributed by atoms with Crippen LogP contribution in [0.3, 0.4) is 0 Å². The van der Waals surface area contributed by atoms with Crippen LogP contribution in [0, 0.1) is 13.8 Å². The number of phosphoric acid groups is 4. The quantitative estimate of drug-likeness (QED) is 0.0183. The van der Waals surface area contributed by atoms with E-state index < -0.39 is 210 Å². The van der Waals surface area contributed by atoms with E-state index in [4.69, 9.17) is 82.8 Å². The number of ether oxygens (including phenoxy) is 5. The monoisotopic (exact) mass is 1420 g/mol. The lowest BCUT2D eigenvalue weighted by atomic mass is 10.2. The Hall–Kier alpha value is -6.44. The van der Waals surface area contributed by atoms with Gasteiger partial charge in [-0.25, -0.2) is 27.8 Å². The molecule has 43 nitrogen and oxygen atoms in total. The van der Waals surface area contributed by atoms with E-state index in [0.29, 0.717) is 5.56 Å². The molecule has 5 aromatic rings. The Morgan fingerprint density at radius 1 is 0.521 bits per heavy atom. The fourth-order valence-electron chi connectivity index (χ4n) is 10.7. The minimum absolute atomic E-state index is 0.00707. The van der Waals surface area contributed by atoms with Crippen molar-refractivity contribution in [3.8, 4) is 0 Å². The molecule has 5 aliphatic rings. The van der Waals surface area contributed by atoms with Gasteiger partial charge in [0.2, 0.25) is 18.7 Å². The molecule has 0 aromatic carbocycles. The largest absolute Gasteiger partial charge is 0.499 e. The van der Waals surface area contributed by atoms with Crippen LogP contribution in [0.4, 0.5) is 23.3 Å². The van der Waals surface area contributed by atoms with Gasteiger partial charge in [0.15, 0.2) is 17.5 Å². The van der Waals surface area contributed by atoms with Gasteiger partial charge in [0.25, 0.3) is 5.56 Å². The average molecular weight is 1420 g/mol. The number of nitrogens with zero attached hydrogens (tertiary/aromatic N) is 6. The molecule has 0 bridgehead atoms. The van der Waals surface area contributed by atoms with E-state index >= 15 is 0 Å². The third-order valence-corrected chi connectivity index (χ3v) is 19.4. The number of hydrogen-bond donors (Lipinski definition) is 14. The standard InChI is InChI=1S/C47H64N14O29P4/c1-21-14-60(46(68)55-41(21)51)39-10-24(28(16-62)82-39)87-92(72,73)79-18-30-26(12-38(84-30)59-8-5-35(50)54-45(59)67)89-93(74,75)81-20-32-27(13-40(86-32)61-15-22(2)42(64)56-47(61)69)90-94(76,77)80-19-31-25(11-37(85-31)58-7-4-34(49)53-44(58)66)88-91(70,71)78-17-29-23(63)9-36(83-29)57-6-3-33(48)52-43(57)65/h3-8,14-15,23-32,36-40,62-63H,9-13,16-20H2,1-2H3,(H13,48,49,50,51,52,53,54,55,56,64,65,66,67,68,69,70,71,72,73,74,75,76,77)/p+3/t23-,24-,25-,26-,27-,28+,29+,30+,31+,32+,36+,37+,38+,39+,40+/m0/s1. The van der Waals surface area contributed by atoms with Crippen LogP contribution in [0.15, 0.2) is 78.0 Å². The first kappa shape index (κ1) is 70.4. The maximum atomic E-state index is 14.0. The molecule has 0 saturated carbocycles. The number of nitrogens with one attached hydrogen (secondary N) is 4. The number of aromatic nitrogens is 10. The lowest BCUT2D eigenvalue weighted by Gasteiger charge is -2.25. The molecule has 47 heteroatoms. The average Bonchev–Trinajstić information content (AvgIpc) is 1.67. The first-order chi connectivity index (χ1) is 44.2.